The Hall–Kier alpha value is -2.37. The second-order valence-electron chi connectivity index (χ2n) is 7.16. The van der Waals surface area contributed by atoms with Crippen molar-refractivity contribution in [3.63, 3.8) is 0 Å². The normalized spacial score (nSPS) is 18.7. The van der Waals surface area contributed by atoms with Crippen molar-refractivity contribution < 1.29 is 14.4 Å². The molecule has 0 aromatic heterocycles. The van der Waals surface area contributed by atoms with Crippen LogP contribution in [0.15, 0.2) is 24.3 Å². The summed E-state index contributed by atoms with van der Waals surface area (Å²) in [5, 5.41) is 2.84. The minimum absolute atomic E-state index is 0.0754. The predicted molar refractivity (Wildman–Crippen MR) is 93.7 cm³/mol. The lowest BCUT2D eigenvalue weighted by Crippen LogP contribution is -2.44. The molecule has 0 bridgehead atoms. The molecule has 1 saturated heterocycles. The Morgan fingerprint density at radius 1 is 1.20 bits per heavy atom. The molecule has 1 saturated carbocycles. The van der Waals surface area contributed by atoms with Gasteiger partial charge in [0.15, 0.2) is 0 Å². The van der Waals surface area contributed by atoms with Crippen molar-refractivity contribution >= 4 is 17.8 Å². The lowest BCUT2D eigenvalue weighted by atomic mass is 9.98. The Kier molecular flexibility index (Phi) is 4.79. The van der Waals surface area contributed by atoms with Gasteiger partial charge in [0.1, 0.15) is 5.54 Å². The van der Waals surface area contributed by atoms with Gasteiger partial charge in [-0.1, -0.05) is 42.7 Å². The molecule has 2 fully saturated rings. The highest BCUT2D eigenvalue weighted by atomic mass is 16.2. The SMILES string of the molecule is Cc1ccc(CN(C)C(=O)CCN2C(=O)NC3(CCCC3)C2=O)cc1. The van der Waals surface area contributed by atoms with Crippen LogP contribution in [0.4, 0.5) is 4.79 Å². The summed E-state index contributed by atoms with van der Waals surface area (Å²) in [5.41, 5.74) is 1.53. The number of benzene rings is 1. The first kappa shape index (κ1) is 17.5. The van der Waals surface area contributed by atoms with E-state index in [1.165, 1.54) is 10.5 Å². The van der Waals surface area contributed by atoms with Gasteiger partial charge in [0.25, 0.3) is 5.91 Å². The van der Waals surface area contributed by atoms with Crippen LogP contribution in [0.3, 0.4) is 0 Å². The van der Waals surface area contributed by atoms with Crippen molar-refractivity contribution in [1.29, 1.82) is 0 Å². The molecular weight excluding hydrogens is 318 g/mol. The fourth-order valence-corrected chi connectivity index (χ4v) is 3.65. The highest BCUT2D eigenvalue weighted by Gasteiger charge is 2.52. The smallest absolute Gasteiger partial charge is 0.325 e. The molecule has 1 aromatic rings. The number of hydrogen-bond donors (Lipinski definition) is 1. The average Bonchev–Trinajstić information content (AvgIpc) is 3.14. The zero-order valence-corrected chi connectivity index (χ0v) is 14.9. The number of nitrogens with zero attached hydrogens (tertiary/aromatic N) is 2. The topological polar surface area (TPSA) is 69.7 Å². The van der Waals surface area contributed by atoms with E-state index >= 15 is 0 Å². The third-order valence-corrected chi connectivity index (χ3v) is 5.22. The van der Waals surface area contributed by atoms with Gasteiger partial charge in [0.05, 0.1) is 0 Å². The van der Waals surface area contributed by atoms with Crippen LogP contribution in [0.1, 0.15) is 43.2 Å². The van der Waals surface area contributed by atoms with Gasteiger partial charge in [-0.25, -0.2) is 4.79 Å². The van der Waals surface area contributed by atoms with Crippen molar-refractivity contribution in [1.82, 2.24) is 15.1 Å². The first-order valence-corrected chi connectivity index (χ1v) is 8.85. The van der Waals surface area contributed by atoms with Crippen molar-refractivity contribution in [3.8, 4) is 0 Å². The van der Waals surface area contributed by atoms with Gasteiger partial charge in [0, 0.05) is 26.6 Å². The lowest BCUT2D eigenvalue weighted by Gasteiger charge is -2.21. The molecule has 6 heteroatoms. The number of carbonyl (C=O) groups is 3. The molecule has 0 radical (unpaired) electrons. The Labute approximate surface area is 148 Å². The number of nitrogens with one attached hydrogen (secondary N) is 1. The van der Waals surface area contributed by atoms with Crippen LogP contribution < -0.4 is 5.32 Å². The Morgan fingerprint density at radius 3 is 2.48 bits per heavy atom. The van der Waals surface area contributed by atoms with Crippen LogP contribution in [0.25, 0.3) is 0 Å². The molecule has 1 aliphatic heterocycles. The number of imide groups is 1. The van der Waals surface area contributed by atoms with Crippen molar-refractivity contribution in [2.75, 3.05) is 13.6 Å². The van der Waals surface area contributed by atoms with Gasteiger partial charge in [-0.2, -0.15) is 0 Å². The molecule has 2 aliphatic rings. The molecular formula is C19H25N3O3. The average molecular weight is 343 g/mol. The number of aryl methyl sites for hydroxylation is 1. The van der Waals surface area contributed by atoms with Crippen LogP contribution in [0.5, 0.6) is 0 Å². The molecule has 0 unspecified atom stereocenters. The molecule has 25 heavy (non-hydrogen) atoms. The molecule has 0 atom stereocenters. The zero-order valence-electron chi connectivity index (χ0n) is 14.9. The summed E-state index contributed by atoms with van der Waals surface area (Å²) in [6.45, 7) is 2.68. The molecule has 1 aromatic carbocycles. The van der Waals surface area contributed by atoms with Gasteiger partial charge in [0.2, 0.25) is 5.91 Å². The van der Waals surface area contributed by atoms with Gasteiger partial charge in [-0.15, -0.1) is 0 Å². The Morgan fingerprint density at radius 2 is 1.84 bits per heavy atom. The summed E-state index contributed by atoms with van der Waals surface area (Å²) >= 11 is 0. The Balaban J connectivity index is 1.54. The summed E-state index contributed by atoms with van der Waals surface area (Å²) in [4.78, 5) is 39.9. The van der Waals surface area contributed by atoms with E-state index in [0.29, 0.717) is 19.4 Å². The van der Waals surface area contributed by atoms with E-state index in [4.69, 9.17) is 0 Å². The van der Waals surface area contributed by atoms with Crippen LogP contribution in [-0.4, -0.2) is 46.8 Å². The molecule has 134 valence electrons. The minimum atomic E-state index is -0.700. The fourth-order valence-electron chi connectivity index (χ4n) is 3.65. The van der Waals surface area contributed by atoms with E-state index in [0.717, 1.165) is 18.4 Å². The quantitative estimate of drug-likeness (QED) is 0.834. The number of hydrogen-bond acceptors (Lipinski definition) is 3. The van der Waals surface area contributed by atoms with Gasteiger partial charge >= 0.3 is 6.03 Å². The van der Waals surface area contributed by atoms with Crippen LogP contribution >= 0.6 is 0 Å². The van der Waals surface area contributed by atoms with Crippen LogP contribution in [0, 0.1) is 6.92 Å². The number of carbonyl (C=O) groups excluding carboxylic acids is 3. The largest absolute Gasteiger partial charge is 0.341 e. The molecule has 1 aliphatic carbocycles. The van der Waals surface area contributed by atoms with E-state index in [9.17, 15) is 14.4 Å². The second kappa shape index (κ2) is 6.86. The van der Waals surface area contributed by atoms with E-state index in [-0.39, 0.29) is 30.8 Å². The summed E-state index contributed by atoms with van der Waals surface area (Å²) in [5.74, 6) is -0.238. The molecule has 4 amide bonds. The molecule has 6 nitrogen and oxygen atoms in total. The molecule has 1 N–H and O–H groups in total. The highest BCUT2D eigenvalue weighted by molar-refractivity contribution is 6.07. The third kappa shape index (κ3) is 3.52. The maximum atomic E-state index is 12.6. The first-order chi connectivity index (χ1) is 11.9. The van der Waals surface area contributed by atoms with Crippen molar-refractivity contribution in [2.45, 2.75) is 51.1 Å². The van der Waals surface area contributed by atoms with Crippen molar-refractivity contribution in [2.24, 2.45) is 0 Å². The number of amides is 4. The second-order valence-corrected chi connectivity index (χ2v) is 7.16. The molecule has 1 heterocycles. The van der Waals surface area contributed by atoms with Crippen LogP contribution in [-0.2, 0) is 16.1 Å². The number of urea groups is 1. The summed E-state index contributed by atoms with van der Waals surface area (Å²) in [7, 11) is 1.74. The van der Waals surface area contributed by atoms with Gasteiger partial charge < -0.3 is 10.2 Å². The summed E-state index contributed by atoms with van der Waals surface area (Å²) in [6.07, 6.45) is 3.47. The number of rotatable bonds is 5. The monoisotopic (exact) mass is 343 g/mol. The summed E-state index contributed by atoms with van der Waals surface area (Å²) in [6, 6.07) is 7.67. The molecule has 3 rings (SSSR count). The van der Waals surface area contributed by atoms with Gasteiger partial charge in [-0.05, 0) is 25.3 Å². The lowest BCUT2D eigenvalue weighted by molar-refractivity contribution is -0.133. The third-order valence-electron chi connectivity index (χ3n) is 5.22. The maximum Gasteiger partial charge on any atom is 0.325 e. The maximum absolute atomic E-state index is 12.6. The van der Waals surface area contributed by atoms with E-state index in [2.05, 4.69) is 5.32 Å². The fraction of sp³-hybridized carbons (Fsp3) is 0.526. The molecule has 1 spiro atoms. The first-order valence-electron chi connectivity index (χ1n) is 8.85. The predicted octanol–water partition coefficient (Wildman–Crippen LogP) is 2.21. The zero-order chi connectivity index (χ0) is 18.0. The van der Waals surface area contributed by atoms with E-state index in [1.807, 2.05) is 31.2 Å². The highest BCUT2D eigenvalue weighted by Crippen LogP contribution is 2.35. The van der Waals surface area contributed by atoms with Crippen LogP contribution in [0.2, 0.25) is 0 Å². The van der Waals surface area contributed by atoms with E-state index in [1.54, 1.807) is 11.9 Å². The minimum Gasteiger partial charge on any atom is -0.341 e. The summed E-state index contributed by atoms with van der Waals surface area (Å²) < 4.78 is 0. The van der Waals surface area contributed by atoms with E-state index < -0.39 is 5.54 Å². The van der Waals surface area contributed by atoms with Gasteiger partial charge in [-0.3, -0.25) is 14.5 Å². The van der Waals surface area contributed by atoms with Crippen molar-refractivity contribution in [3.05, 3.63) is 35.4 Å². The standard InChI is InChI=1S/C19H25N3O3/c1-14-5-7-15(8-6-14)13-21(2)16(23)9-12-22-17(24)19(20-18(22)25)10-3-4-11-19/h5-8H,3-4,9-13H2,1-2H3,(H,20,25). The Bertz CT molecular complexity index is 678.